The number of aromatic nitrogens is 6. The number of hydrogen-bond acceptors (Lipinski definition) is 8. The van der Waals surface area contributed by atoms with Gasteiger partial charge in [0, 0.05) is 63.0 Å². The number of anilines is 1. The van der Waals surface area contributed by atoms with Gasteiger partial charge in [-0.15, -0.1) is 0 Å². The van der Waals surface area contributed by atoms with E-state index >= 15 is 0 Å². The highest BCUT2D eigenvalue weighted by atomic mass is 32.2. The molecule has 0 atom stereocenters. The molecule has 0 bridgehead atoms. The highest BCUT2D eigenvalue weighted by molar-refractivity contribution is 7.89. The first-order valence-corrected chi connectivity index (χ1v) is 13.6. The van der Waals surface area contributed by atoms with Crippen LogP contribution in [0.5, 0.6) is 0 Å². The van der Waals surface area contributed by atoms with Crippen molar-refractivity contribution in [3.63, 3.8) is 0 Å². The summed E-state index contributed by atoms with van der Waals surface area (Å²) in [5.41, 5.74) is 2.80. The largest absolute Gasteiger partial charge is 0.381 e. The molecule has 3 aromatic rings. The van der Waals surface area contributed by atoms with Crippen LogP contribution in [0.3, 0.4) is 0 Å². The van der Waals surface area contributed by atoms with E-state index in [0.29, 0.717) is 44.5 Å². The van der Waals surface area contributed by atoms with Crippen LogP contribution in [-0.2, 0) is 21.3 Å². The molecule has 2 saturated heterocycles. The number of nitrogens with one attached hydrogen (secondary N) is 1. The number of ether oxygens (including phenoxy) is 1. The minimum absolute atomic E-state index is 0.0927. The fraction of sp³-hybridized carbons (Fsp3) is 0.565. The van der Waals surface area contributed by atoms with E-state index in [1.807, 2.05) is 30.9 Å². The van der Waals surface area contributed by atoms with E-state index in [4.69, 9.17) is 9.72 Å². The lowest BCUT2D eigenvalue weighted by atomic mass is 10.1. The van der Waals surface area contributed by atoms with Crippen molar-refractivity contribution >= 4 is 16.0 Å². The Morgan fingerprint density at radius 3 is 2.57 bits per heavy atom. The molecule has 0 amide bonds. The highest BCUT2D eigenvalue weighted by Gasteiger charge is 2.31. The van der Waals surface area contributed by atoms with Crippen LogP contribution in [-0.4, -0.2) is 74.4 Å². The van der Waals surface area contributed by atoms with Crippen molar-refractivity contribution in [3.8, 4) is 11.3 Å². The van der Waals surface area contributed by atoms with Crippen LogP contribution < -0.4 is 5.32 Å². The maximum absolute atomic E-state index is 12.9. The van der Waals surface area contributed by atoms with E-state index < -0.39 is 10.0 Å². The van der Waals surface area contributed by atoms with Crippen molar-refractivity contribution in [2.24, 2.45) is 0 Å². The van der Waals surface area contributed by atoms with Gasteiger partial charge in [0.25, 0.3) is 10.0 Å². The molecule has 0 spiro atoms. The van der Waals surface area contributed by atoms with Crippen molar-refractivity contribution in [3.05, 3.63) is 36.7 Å². The molecular formula is C23H32N8O3S. The molecule has 0 unspecified atom stereocenters. The zero-order valence-corrected chi connectivity index (χ0v) is 21.0. The topological polar surface area (TPSA) is 120 Å². The van der Waals surface area contributed by atoms with E-state index in [1.54, 1.807) is 17.1 Å². The molecule has 2 aliphatic rings. The first-order chi connectivity index (χ1) is 16.9. The average molecular weight is 501 g/mol. The van der Waals surface area contributed by atoms with E-state index in [9.17, 15) is 8.42 Å². The summed E-state index contributed by atoms with van der Waals surface area (Å²) >= 11 is 0. The number of rotatable bonds is 7. The lowest BCUT2D eigenvalue weighted by molar-refractivity contribution is 0.0662. The predicted molar refractivity (Wildman–Crippen MR) is 130 cm³/mol. The van der Waals surface area contributed by atoms with Crippen LogP contribution in [0.25, 0.3) is 11.3 Å². The van der Waals surface area contributed by atoms with Gasteiger partial charge in [-0.1, -0.05) is 0 Å². The summed E-state index contributed by atoms with van der Waals surface area (Å²) in [6.07, 6.45) is 12.1. The number of aryl methyl sites for hydroxylation is 2. The standard InChI is InChI=1S/C23H32N8O3S/c1-3-29-15-21(25-16-29)35(32,33)30-8-4-19(5-9-30)27-23-24-12-17(2)22(28-23)18-13-26-31(14-18)20-6-10-34-11-7-20/h12-16,19-20H,3-11H2,1-2H3,(H,24,27,28). The molecule has 5 heterocycles. The van der Waals surface area contributed by atoms with Crippen molar-refractivity contribution in [1.82, 2.24) is 33.6 Å². The molecule has 0 saturated carbocycles. The number of nitrogens with zero attached hydrogens (tertiary/aromatic N) is 7. The maximum Gasteiger partial charge on any atom is 0.262 e. The number of hydrogen-bond donors (Lipinski definition) is 1. The van der Waals surface area contributed by atoms with E-state index in [-0.39, 0.29) is 11.1 Å². The van der Waals surface area contributed by atoms with Crippen LogP contribution in [0, 0.1) is 6.92 Å². The second-order valence-corrected chi connectivity index (χ2v) is 11.0. The van der Waals surface area contributed by atoms with Gasteiger partial charge in [-0.05, 0) is 45.1 Å². The van der Waals surface area contributed by atoms with Gasteiger partial charge in [0.2, 0.25) is 5.95 Å². The van der Waals surface area contributed by atoms with Crippen LogP contribution >= 0.6 is 0 Å². The molecule has 2 aliphatic heterocycles. The lowest BCUT2D eigenvalue weighted by Gasteiger charge is -2.31. The first kappa shape index (κ1) is 23.9. The SMILES string of the molecule is CCn1cnc(S(=O)(=O)N2CCC(Nc3ncc(C)c(-c4cnn(C5CCOCC5)c4)n3)CC2)c1. The summed E-state index contributed by atoms with van der Waals surface area (Å²) < 4.78 is 36.6. The summed E-state index contributed by atoms with van der Waals surface area (Å²) in [6.45, 7) is 7.01. The smallest absolute Gasteiger partial charge is 0.262 e. The minimum Gasteiger partial charge on any atom is -0.381 e. The van der Waals surface area contributed by atoms with Crippen LogP contribution in [0.4, 0.5) is 5.95 Å². The molecule has 0 aromatic carbocycles. The van der Waals surface area contributed by atoms with E-state index in [1.165, 1.54) is 4.31 Å². The summed E-state index contributed by atoms with van der Waals surface area (Å²) in [4.78, 5) is 13.3. The molecule has 188 valence electrons. The Hall–Kier alpha value is -2.83. The molecule has 35 heavy (non-hydrogen) atoms. The van der Waals surface area contributed by atoms with Gasteiger partial charge >= 0.3 is 0 Å². The molecule has 5 rings (SSSR count). The third kappa shape index (κ3) is 5.09. The number of sulfonamides is 1. The number of piperidine rings is 1. The highest BCUT2D eigenvalue weighted by Crippen LogP contribution is 2.27. The summed E-state index contributed by atoms with van der Waals surface area (Å²) in [7, 11) is -3.58. The second-order valence-electron chi connectivity index (χ2n) is 9.14. The fourth-order valence-corrected chi connectivity index (χ4v) is 6.02. The Morgan fingerprint density at radius 1 is 1.09 bits per heavy atom. The Bertz CT molecular complexity index is 1260. The quantitative estimate of drug-likeness (QED) is 0.525. The Labute approximate surface area is 205 Å². The zero-order chi connectivity index (χ0) is 24.4. The third-order valence-corrected chi connectivity index (χ3v) is 8.56. The molecule has 2 fully saturated rings. The lowest BCUT2D eigenvalue weighted by Crippen LogP contribution is -2.42. The Balaban J connectivity index is 1.23. The molecular weight excluding hydrogens is 468 g/mol. The van der Waals surface area contributed by atoms with Gasteiger partial charge in [-0.2, -0.15) is 9.40 Å². The maximum atomic E-state index is 12.9. The summed E-state index contributed by atoms with van der Waals surface area (Å²) in [5.74, 6) is 0.549. The molecule has 0 aliphatic carbocycles. The monoisotopic (exact) mass is 500 g/mol. The second kappa shape index (κ2) is 10.0. The van der Waals surface area contributed by atoms with Gasteiger partial charge in [0.1, 0.15) is 0 Å². The van der Waals surface area contributed by atoms with E-state index in [0.717, 1.165) is 42.9 Å². The minimum atomic E-state index is -3.58. The normalized spacial score (nSPS) is 18.7. The Morgan fingerprint density at radius 2 is 1.86 bits per heavy atom. The van der Waals surface area contributed by atoms with Crippen molar-refractivity contribution in [2.45, 2.75) is 63.2 Å². The first-order valence-electron chi connectivity index (χ1n) is 12.2. The molecule has 12 heteroatoms. The van der Waals surface area contributed by atoms with Gasteiger partial charge in [0.15, 0.2) is 5.03 Å². The van der Waals surface area contributed by atoms with Gasteiger partial charge in [0.05, 0.1) is 24.3 Å². The summed E-state index contributed by atoms with van der Waals surface area (Å²) in [6, 6.07) is 0.449. The molecule has 11 nitrogen and oxygen atoms in total. The predicted octanol–water partition coefficient (Wildman–Crippen LogP) is 2.48. The third-order valence-electron chi connectivity index (χ3n) is 6.78. The fourth-order valence-electron chi connectivity index (χ4n) is 4.61. The van der Waals surface area contributed by atoms with Crippen molar-refractivity contribution in [2.75, 3.05) is 31.6 Å². The van der Waals surface area contributed by atoms with Crippen molar-refractivity contribution < 1.29 is 13.2 Å². The van der Waals surface area contributed by atoms with Crippen LogP contribution in [0.15, 0.2) is 36.1 Å². The van der Waals surface area contributed by atoms with E-state index in [2.05, 4.69) is 26.6 Å². The molecule has 3 aromatic heterocycles. The van der Waals surface area contributed by atoms with Gasteiger partial charge in [-0.3, -0.25) is 4.68 Å². The summed E-state index contributed by atoms with van der Waals surface area (Å²) in [5, 5.41) is 8.09. The van der Waals surface area contributed by atoms with Gasteiger partial charge in [-0.25, -0.2) is 23.4 Å². The van der Waals surface area contributed by atoms with Crippen LogP contribution in [0.1, 0.15) is 44.2 Å². The Kier molecular flexibility index (Phi) is 6.85. The zero-order valence-electron chi connectivity index (χ0n) is 20.2. The molecule has 0 radical (unpaired) electrons. The average Bonchev–Trinajstić information content (AvgIpc) is 3.57. The molecule has 1 N–H and O–H groups in total. The number of imidazole rings is 1. The van der Waals surface area contributed by atoms with Gasteiger partial charge < -0.3 is 14.6 Å². The van der Waals surface area contributed by atoms with Crippen molar-refractivity contribution in [1.29, 1.82) is 0 Å². The van der Waals surface area contributed by atoms with Crippen LogP contribution in [0.2, 0.25) is 0 Å².